The van der Waals surface area contributed by atoms with Gasteiger partial charge >= 0.3 is 0 Å². The molecular formula is C24H22Cl2FN5O3. The zero-order valence-electron chi connectivity index (χ0n) is 18.6. The molecule has 1 saturated heterocycles. The van der Waals surface area contributed by atoms with Crippen LogP contribution in [0.15, 0.2) is 52.3 Å². The highest BCUT2D eigenvalue weighted by Crippen LogP contribution is 2.27. The SMILES string of the molecule is O=C(c1cc(Cc2c[nH]c(=O)c3cc(Cl)c(Cl)n23)ccc1F)N1CCCN(Cc2cocn2)CC1. The standard InChI is InChI=1S/C24H22Cl2FN5O3/c25-19-10-21-23(33)28-11-17(32(21)22(19)26)8-15-2-3-20(27)18(9-15)24(34)31-5-1-4-30(6-7-31)12-16-13-35-14-29-16/h2-3,9-11,13-14H,1,4-8,12H2,(H,28,33). The van der Waals surface area contributed by atoms with E-state index in [1.54, 1.807) is 33.9 Å². The highest BCUT2D eigenvalue weighted by atomic mass is 35.5. The molecule has 0 atom stereocenters. The summed E-state index contributed by atoms with van der Waals surface area (Å²) in [6.45, 7) is 3.12. The van der Waals surface area contributed by atoms with Gasteiger partial charge in [-0.15, -0.1) is 0 Å². The van der Waals surface area contributed by atoms with E-state index in [0.717, 1.165) is 18.7 Å². The van der Waals surface area contributed by atoms with Crippen molar-refractivity contribution in [3.8, 4) is 0 Å². The minimum Gasteiger partial charge on any atom is -0.451 e. The van der Waals surface area contributed by atoms with E-state index in [4.69, 9.17) is 27.6 Å². The fourth-order valence-corrected chi connectivity index (χ4v) is 4.87. The summed E-state index contributed by atoms with van der Waals surface area (Å²) >= 11 is 12.4. The van der Waals surface area contributed by atoms with Gasteiger partial charge in [0.1, 0.15) is 22.8 Å². The Balaban J connectivity index is 1.35. The summed E-state index contributed by atoms with van der Waals surface area (Å²) in [5.41, 5.74) is 2.20. The van der Waals surface area contributed by atoms with Crippen LogP contribution in [0.4, 0.5) is 4.39 Å². The maximum absolute atomic E-state index is 14.7. The number of benzene rings is 1. The molecule has 1 aromatic carbocycles. The molecule has 0 radical (unpaired) electrons. The van der Waals surface area contributed by atoms with Crippen molar-refractivity contribution in [2.75, 3.05) is 26.2 Å². The molecule has 1 aliphatic rings. The van der Waals surface area contributed by atoms with Crippen LogP contribution in [0.1, 0.15) is 33.7 Å². The molecule has 4 heterocycles. The number of fused-ring (bicyclic) bond motifs is 1. The smallest absolute Gasteiger partial charge is 0.272 e. The Hall–Kier alpha value is -3.14. The molecule has 1 amide bonds. The number of hydrogen-bond acceptors (Lipinski definition) is 5. The molecule has 5 rings (SSSR count). The Labute approximate surface area is 209 Å². The van der Waals surface area contributed by atoms with Crippen LogP contribution in [0, 0.1) is 5.82 Å². The van der Waals surface area contributed by atoms with Crippen LogP contribution in [0.2, 0.25) is 10.2 Å². The summed E-state index contributed by atoms with van der Waals surface area (Å²) in [7, 11) is 0. The first-order valence-corrected chi connectivity index (χ1v) is 11.9. The Bertz CT molecular complexity index is 1430. The average molecular weight is 518 g/mol. The van der Waals surface area contributed by atoms with Crippen molar-refractivity contribution in [1.29, 1.82) is 0 Å². The van der Waals surface area contributed by atoms with Gasteiger partial charge in [-0.3, -0.25) is 18.9 Å². The van der Waals surface area contributed by atoms with Gasteiger partial charge in [0, 0.05) is 51.0 Å². The van der Waals surface area contributed by atoms with Crippen molar-refractivity contribution in [2.24, 2.45) is 0 Å². The molecule has 1 fully saturated rings. The van der Waals surface area contributed by atoms with Gasteiger partial charge < -0.3 is 14.3 Å². The Kier molecular flexibility index (Phi) is 6.64. The monoisotopic (exact) mass is 517 g/mol. The summed E-state index contributed by atoms with van der Waals surface area (Å²) < 4.78 is 21.3. The van der Waals surface area contributed by atoms with Gasteiger partial charge in [-0.2, -0.15) is 0 Å². The fourth-order valence-electron chi connectivity index (χ4n) is 4.42. The van der Waals surface area contributed by atoms with Gasteiger partial charge in [-0.25, -0.2) is 9.37 Å². The minimum atomic E-state index is -0.573. The highest BCUT2D eigenvalue weighted by Gasteiger charge is 2.23. The Morgan fingerprint density at radius 3 is 2.83 bits per heavy atom. The number of rotatable bonds is 5. The number of nitrogens with zero attached hydrogens (tertiary/aromatic N) is 4. The number of amides is 1. The van der Waals surface area contributed by atoms with E-state index in [2.05, 4.69) is 14.9 Å². The van der Waals surface area contributed by atoms with Gasteiger partial charge in [0.05, 0.1) is 16.3 Å². The summed E-state index contributed by atoms with van der Waals surface area (Å²) in [4.78, 5) is 36.1. The van der Waals surface area contributed by atoms with Crippen molar-refractivity contribution < 1.29 is 13.6 Å². The largest absolute Gasteiger partial charge is 0.451 e. The van der Waals surface area contributed by atoms with Crippen LogP contribution >= 0.6 is 23.2 Å². The molecule has 35 heavy (non-hydrogen) atoms. The maximum atomic E-state index is 14.7. The summed E-state index contributed by atoms with van der Waals surface area (Å²) in [5, 5.41) is 0.485. The summed E-state index contributed by atoms with van der Waals surface area (Å²) in [6.07, 6.45) is 5.63. The predicted octanol–water partition coefficient (Wildman–Crippen LogP) is 4.00. The summed E-state index contributed by atoms with van der Waals surface area (Å²) in [5.74, 6) is -0.919. The fraction of sp³-hybridized carbons (Fsp3) is 0.292. The molecular weight excluding hydrogens is 496 g/mol. The first kappa shape index (κ1) is 23.6. The molecule has 1 aliphatic heterocycles. The molecule has 3 aromatic heterocycles. The Morgan fingerprint density at radius 2 is 2.03 bits per heavy atom. The second-order valence-electron chi connectivity index (χ2n) is 8.51. The number of nitrogens with one attached hydrogen (secondary N) is 1. The lowest BCUT2D eigenvalue weighted by Crippen LogP contribution is -2.35. The van der Waals surface area contributed by atoms with Crippen molar-refractivity contribution in [1.82, 2.24) is 24.2 Å². The molecule has 0 unspecified atom stereocenters. The number of halogens is 3. The van der Waals surface area contributed by atoms with Gasteiger partial charge in [0.25, 0.3) is 11.5 Å². The molecule has 8 nitrogen and oxygen atoms in total. The number of H-pyrrole nitrogens is 1. The van der Waals surface area contributed by atoms with Gasteiger partial charge in [0.15, 0.2) is 6.39 Å². The molecule has 0 bridgehead atoms. The van der Waals surface area contributed by atoms with E-state index in [-0.39, 0.29) is 27.2 Å². The molecule has 11 heteroatoms. The third kappa shape index (κ3) is 4.84. The van der Waals surface area contributed by atoms with Crippen LogP contribution < -0.4 is 5.56 Å². The van der Waals surface area contributed by atoms with Crippen molar-refractivity contribution in [3.63, 3.8) is 0 Å². The molecule has 4 aromatic rings. The quantitative estimate of drug-likeness (QED) is 0.432. The van der Waals surface area contributed by atoms with E-state index in [9.17, 15) is 14.0 Å². The predicted molar refractivity (Wildman–Crippen MR) is 130 cm³/mol. The van der Waals surface area contributed by atoms with Crippen LogP contribution in [0.3, 0.4) is 0 Å². The maximum Gasteiger partial charge on any atom is 0.272 e. The lowest BCUT2D eigenvalue weighted by molar-refractivity contribution is 0.0756. The second kappa shape index (κ2) is 9.85. The van der Waals surface area contributed by atoms with Crippen LogP contribution in [-0.4, -0.2) is 56.3 Å². The van der Waals surface area contributed by atoms with E-state index in [1.165, 1.54) is 18.5 Å². The van der Waals surface area contributed by atoms with Crippen molar-refractivity contribution in [2.45, 2.75) is 19.4 Å². The average Bonchev–Trinajstić information content (AvgIpc) is 3.39. The number of carbonyl (C=O) groups is 1. The van der Waals surface area contributed by atoms with Gasteiger partial charge in [-0.1, -0.05) is 29.3 Å². The van der Waals surface area contributed by atoms with Gasteiger partial charge in [-0.05, 0) is 30.2 Å². The van der Waals surface area contributed by atoms with Crippen LogP contribution in [0.25, 0.3) is 5.52 Å². The highest BCUT2D eigenvalue weighted by molar-refractivity contribution is 6.42. The van der Waals surface area contributed by atoms with Gasteiger partial charge in [0.2, 0.25) is 0 Å². The minimum absolute atomic E-state index is 0.0183. The van der Waals surface area contributed by atoms with E-state index in [1.807, 2.05) is 0 Å². The van der Waals surface area contributed by atoms with Crippen molar-refractivity contribution in [3.05, 3.63) is 92.0 Å². The number of aromatic nitrogens is 3. The third-order valence-corrected chi connectivity index (χ3v) is 6.94. The van der Waals surface area contributed by atoms with E-state index < -0.39 is 5.82 Å². The van der Waals surface area contributed by atoms with Crippen LogP contribution in [0.5, 0.6) is 0 Å². The molecule has 0 aliphatic carbocycles. The number of oxazole rings is 1. The second-order valence-corrected chi connectivity index (χ2v) is 9.27. The molecule has 1 N–H and O–H groups in total. The molecule has 0 spiro atoms. The van der Waals surface area contributed by atoms with E-state index in [0.29, 0.717) is 49.4 Å². The van der Waals surface area contributed by atoms with E-state index >= 15 is 0 Å². The topological polar surface area (TPSA) is 86.9 Å². The zero-order valence-corrected chi connectivity index (χ0v) is 20.2. The molecule has 182 valence electrons. The number of carbonyl (C=O) groups excluding carboxylic acids is 1. The number of hydrogen-bond donors (Lipinski definition) is 1. The first-order valence-electron chi connectivity index (χ1n) is 11.1. The van der Waals surface area contributed by atoms with Crippen molar-refractivity contribution >= 4 is 34.6 Å². The number of aromatic amines is 1. The Morgan fingerprint density at radius 1 is 1.17 bits per heavy atom. The third-order valence-electron chi connectivity index (χ3n) is 6.18. The van der Waals surface area contributed by atoms with Crippen LogP contribution in [-0.2, 0) is 13.0 Å². The summed E-state index contributed by atoms with van der Waals surface area (Å²) in [6, 6.07) is 5.97. The normalized spacial score (nSPS) is 15.0. The lowest BCUT2D eigenvalue weighted by atomic mass is 10.0. The zero-order chi connectivity index (χ0) is 24.5. The first-order chi connectivity index (χ1) is 16.9. The molecule has 0 saturated carbocycles. The lowest BCUT2D eigenvalue weighted by Gasteiger charge is -2.22.